The van der Waals surface area contributed by atoms with Crippen molar-refractivity contribution in [2.24, 2.45) is 0 Å². The summed E-state index contributed by atoms with van der Waals surface area (Å²) < 4.78 is 61.1. The lowest BCUT2D eigenvalue weighted by Gasteiger charge is -2.17. The number of aliphatic hydroxyl groups excluding tert-OH is 1. The number of unbranched alkanes of at least 4 members (excludes halogenated alkanes) is 1. The fourth-order valence-electron chi connectivity index (χ4n) is 0.944. The summed E-state index contributed by atoms with van der Waals surface area (Å²) in [5.74, 6) is 0. The molecule has 0 aromatic heterocycles. The summed E-state index contributed by atoms with van der Waals surface area (Å²) in [5.41, 5.74) is 0. The van der Waals surface area contributed by atoms with Crippen LogP contribution < -0.4 is 0 Å². The van der Waals surface area contributed by atoms with Crippen LogP contribution in [0.5, 0.6) is 0 Å². The lowest BCUT2D eigenvalue weighted by Crippen LogP contribution is -2.34. The van der Waals surface area contributed by atoms with Crippen molar-refractivity contribution < 1.29 is 27.1 Å². The van der Waals surface area contributed by atoms with Crippen molar-refractivity contribution in [3.8, 4) is 0 Å². The Morgan fingerprint density at radius 2 is 1.50 bits per heavy atom. The zero-order valence-corrected chi connectivity index (χ0v) is 7.47. The van der Waals surface area contributed by atoms with Gasteiger partial charge in [-0.3, -0.25) is 4.39 Å². The highest BCUT2D eigenvalue weighted by atomic mass is 19.2. The average Bonchev–Trinajstić information content (AvgIpc) is 2.15. The van der Waals surface area contributed by atoms with Crippen LogP contribution in [0.3, 0.4) is 0 Å². The Labute approximate surface area is 78.9 Å². The van der Waals surface area contributed by atoms with Gasteiger partial charge < -0.3 is 5.11 Å². The third-order valence-corrected chi connectivity index (χ3v) is 1.78. The van der Waals surface area contributed by atoms with Gasteiger partial charge >= 0.3 is 0 Å². The first-order chi connectivity index (χ1) is 6.50. The molecule has 86 valence electrons. The maximum Gasteiger partial charge on any atom is 0.231 e. The lowest BCUT2D eigenvalue weighted by atomic mass is 10.1. The van der Waals surface area contributed by atoms with E-state index in [9.17, 15) is 22.0 Å². The molecule has 1 N–H and O–H groups in total. The van der Waals surface area contributed by atoms with Crippen molar-refractivity contribution in [3.63, 3.8) is 0 Å². The van der Waals surface area contributed by atoms with E-state index in [0.717, 1.165) is 0 Å². The van der Waals surface area contributed by atoms with Crippen LogP contribution in [0.25, 0.3) is 0 Å². The molecule has 0 radical (unpaired) electrons. The SMILES string of the molecule is OC(F)C(F)C(F)C(F)CCCCF. The number of alkyl halides is 5. The lowest BCUT2D eigenvalue weighted by molar-refractivity contribution is -0.0734. The maximum atomic E-state index is 12.7. The number of aliphatic hydroxyl groups is 1. The van der Waals surface area contributed by atoms with Crippen molar-refractivity contribution in [2.75, 3.05) is 6.67 Å². The second kappa shape index (κ2) is 6.98. The topological polar surface area (TPSA) is 20.2 Å². The molecule has 0 spiro atoms. The second-order valence-corrected chi connectivity index (χ2v) is 2.96. The van der Waals surface area contributed by atoms with Crippen molar-refractivity contribution in [1.82, 2.24) is 0 Å². The summed E-state index contributed by atoms with van der Waals surface area (Å²) >= 11 is 0. The van der Waals surface area contributed by atoms with Gasteiger partial charge in [-0.25, -0.2) is 17.6 Å². The first-order valence-corrected chi connectivity index (χ1v) is 4.31. The molecule has 0 aromatic rings. The van der Waals surface area contributed by atoms with Gasteiger partial charge in [0.25, 0.3) is 0 Å². The fraction of sp³-hybridized carbons (Fsp3) is 1.00. The predicted octanol–water partition coefficient (Wildman–Crippen LogP) is 2.43. The minimum absolute atomic E-state index is 0.0578. The van der Waals surface area contributed by atoms with Gasteiger partial charge in [-0.2, -0.15) is 0 Å². The fourth-order valence-corrected chi connectivity index (χ4v) is 0.944. The second-order valence-electron chi connectivity index (χ2n) is 2.96. The molecular weight excluding hydrogens is 207 g/mol. The Kier molecular flexibility index (Phi) is 6.78. The van der Waals surface area contributed by atoms with Crippen LogP contribution in [-0.4, -0.2) is 36.7 Å². The van der Waals surface area contributed by atoms with E-state index in [1.54, 1.807) is 0 Å². The molecule has 4 unspecified atom stereocenters. The quantitative estimate of drug-likeness (QED) is 0.516. The third kappa shape index (κ3) is 4.74. The van der Waals surface area contributed by atoms with Gasteiger partial charge in [0.2, 0.25) is 6.36 Å². The Bertz CT molecular complexity index is 144. The van der Waals surface area contributed by atoms with Crippen molar-refractivity contribution >= 4 is 0 Å². The molecule has 0 bridgehead atoms. The van der Waals surface area contributed by atoms with E-state index < -0.39 is 31.5 Å². The smallest absolute Gasteiger partial charge is 0.231 e. The van der Waals surface area contributed by atoms with Crippen LogP contribution in [-0.2, 0) is 0 Å². The summed E-state index contributed by atoms with van der Waals surface area (Å²) in [5, 5.41) is 8.00. The van der Waals surface area contributed by atoms with E-state index >= 15 is 0 Å². The first-order valence-electron chi connectivity index (χ1n) is 4.31. The summed E-state index contributed by atoms with van der Waals surface area (Å²) in [6.07, 6.45) is -11.1. The Morgan fingerprint density at radius 3 is 1.93 bits per heavy atom. The number of hydrogen-bond acceptors (Lipinski definition) is 1. The number of halogens is 5. The van der Waals surface area contributed by atoms with Gasteiger partial charge in [0.05, 0.1) is 6.67 Å². The molecule has 0 rings (SSSR count). The largest absolute Gasteiger partial charge is 0.362 e. The van der Waals surface area contributed by atoms with Gasteiger partial charge in [-0.15, -0.1) is 0 Å². The van der Waals surface area contributed by atoms with Crippen LogP contribution in [0.1, 0.15) is 19.3 Å². The Morgan fingerprint density at radius 1 is 0.929 bits per heavy atom. The van der Waals surface area contributed by atoms with Crippen molar-refractivity contribution in [2.45, 2.75) is 44.1 Å². The molecule has 0 aliphatic rings. The van der Waals surface area contributed by atoms with Crippen molar-refractivity contribution in [1.29, 1.82) is 0 Å². The van der Waals surface area contributed by atoms with E-state index in [0.29, 0.717) is 0 Å². The van der Waals surface area contributed by atoms with E-state index in [1.165, 1.54) is 0 Å². The number of hydrogen-bond donors (Lipinski definition) is 1. The van der Waals surface area contributed by atoms with Gasteiger partial charge in [0.15, 0.2) is 12.3 Å². The summed E-state index contributed by atoms with van der Waals surface area (Å²) in [7, 11) is 0. The monoisotopic (exact) mass is 220 g/mol. The highest BCUT2D eigenvalue weighted by molar-refractivity contribution is 4.77. The molecule has 0 saturated heterocycles. The molecule has 1 nitrogen and oxygen atoms in total. The highest BCUT2D eigenvalue weighted by Crippen LogP contribution is 2.20. The predicted molar refractivity (Wildman–Crippen MR) is 41.6 cm³/mol. The summed E-state index contributed by atoms with van der Waals surface area (Å²) in [4.78, 5) is 0. The molecule has 4 atom stereocenters. The van der Waals surface area contributed by atoms with Gasteiger partial charge in [-0.05, 0) is 19.3 Å². The van der Waals surface area contributed by atoms with Crippen molar-refractivity contribution in [3.05, 3.63) is 0 Å². The van der Waals surface area contributed by atoms with Gasteiger partial charge in [0, 0.05) is 0 Å². The molecule has 0 amide bonds. The molecule has 0 aliphatic carbocycles. The highest BCUT2D eigenvalue weighted by Gasteiger charge is 2.34. The minimum atomic E-state index is -3.02. The standard InChI is InChI=1S/C8H13F5O/c9-4-2-1-3-5(10)6(11)7(12)8(13)14/h5-8,14H,1-4H2. The molecule has 0 heterocycles. The summed E-state index contributed by atoms with van der Waals surface area (Å²) in [6.45, 7) is -0.658. The van der Waals surface area contributed by atoms with E-state index in [1.807, 2.05) is 0 Å². The maximum absolute atomic E-state index is 12.7. The normalized spacial score (nSPS) is 20.1. The molecule has 0 aliphatic heterocycles. The van der Waals surface area contributed by atoms with Crippen LogP contribution in [0, 0.1) is 0 Å². The number of rotatable bonds is 7. The van der Waals surface area contributed by atoms with E-state index in [-0.39, 0.29) is 19.3 Å². The van der Waals surface area contributed by atoms with Crippen LogP contribution in [0.4, 0.5) is 22.0 Å². The molecule has 0 fully saturated rings. The Balaban J connectivity index is 3.80. The van der Waals surface area contributed by atoms with Gasteiger partial charge in [-0.1, -0.05) is 0 Å². The average molecular weight is 220 g/mol. The van der Waals surface area contributed by atoms with E-state index in [4.69, 9.17) is 5.11 Å². The van der Waals surface area contributed by atoms with Crippen LogP contribution >= 0.6 is 0 Å². The molecule has 0 saturated carbocycles. The summed E-state index contributed by atoms with van der Waals surface area (Å²) in [6, 6.07) is 0. The minimum Gasteiger partial charge on any atom is -0.362 e. The molecular formula is C8H13F5O. The van der Waals surface area contributed by atoms with Gasteiger partial charge in [0.1, 0.15) is 6.17 Å². The molecule has 6 heteroatoms. The first kappa shape index (κ1) is 13.6. The van der Waals surface area contributed by atoms with E-state index in [2.05, 4.69) is 0 Å². The molecule has 0 aromatic carbocycles. The zero-order valence-electron chi connectivity index (χ0n) is 7.47. The van der Waals surface area contributed by atoms with Crippen LogP contribution in [0.15, 0.2) is 0 Å². The molecule has 14 heavy (non-hydrogen) atoms. The zero-order chi connectivity index (χ0) is 11.1. The third-order valence-electron chi connectivity index (χ3n) is 1.78. The van der Waals surface area contributed by atoms with Crippen LogP contribution in [0.2, 0.25) is 0 Å². The Hall–Kier alpha value is -0.390.